The van der Waals surface area contributed by atoms with Gasteiger partial charge < -0.3 is 15.1 Å². The molecule has 0 unspecified atom stereocenters. The first-order chi connectivity index (χ1) is 14.4. The fourth-order valence-corrected chi connectivity index (χ4v) is 5.38. The summed E-state index contributed by atoms with van der Waals surface area (Å²) in [5.41, 5.74) is -0.374. The first-order valence-corrected chi connectivity index (χ1v) is 10.8. The Morgan fingerprint density at radius 2 is 2.00 bits per heavy atom. The highest BCUT2D eigenvalue weighted by molar-refractivity contribution is 7.88. The van der Waals surface area contributed by atoms with E-state index in [1.165, 1.54) is 23.5 Å². The predicted octanol–water partition coefficient (Wildman–Crippen LogP) is 1.99. The van der Waals surface area contributed by atoms with Crippen LogP contribution in [-0.4, -0.2) is 61.5 Å². The summed E-state index contributed by atoms with van der Waals surface area (Å²) in [6.45, 7) is -2.36. The number of aliphatic hydroxyl groups is 1. The molecule has 2 aromatic carbocycles. The van der Waals surface area contributed by atoms with Crippen LogP contribution >= 0.6 is 0 Å². The number of sulfonamides is 1. The second kappa shape index (κ2) is 8.21. The number of piperidine rings is 1. The van der Waals surface area contributed by atoms with Gasteiger partial charge in [-0.2, -0.15) is 0 Å². The molecular formula is C21H28N2O4S. The molecule has 0 spiro atoms. The van der Waals surface area contributed by atoms with Crippen molar-refractivity contribution in [2.45, 2.75) is 17.8 Å². The Hall–Kier alpha value is -1.93. The third-order valence-electron chi connectivity index (χ3n) is 5.27. The predicted molar refractivity (Wildman–Crippen MR) is 109 cm³/mol. The largest absolute Gasteiger partial charge is 0.508 e. The number of rotatable bonds is 6. The van der Waals surface area contributed by atoms with Crippen LogP contribution in [0, 0.1) is 5.92 Å². The van der Waals surface area contributed by atoms with Crippen molar-refractivity contribution in [3.05, 3.63) is 65.7 Å². The van der Waals surface area contributed by atoms with E-state index < -0.39 is 28.5 Å². The van der Waals surface area contributed by atoms with Crippen LogP contribution in [0.25, 0.3) is 0 Å². The van der Waals surface area contributed by atoms with E-state index in [9.17, 15) is 18.6 Å². The number of phenolic OH excluding ortho intramolecular Hbond substituents is 1. The van der Waals surface area contributed by atoms with Gasteiger partial charge >= 0.3 is 0 Å². The van der Waals surface area contributed by atoms with Gasteiger partial charge in [-0.15, -0.1) is 0 Å². The Labute approximate surface area is 171 Å². The Bertz CT molecular complexity index is 1000. The summed E-state index contributed by atoms with van der Waals surface area (Å²) in [6, 6.07) is 15.0. The fraction of sp³-hybridized carbons (Fsp3) is 0.429. The molecular weight excluding hydrogens is 376 g/mol. The average molecular weight is 408 g/mol. The number of nitrogens with zero attached hydrogens (tertiary/aromatic N) is 2. The quantitative estimate of drug-likeness (QED) is 0.765. The highest BCUT2D eigenvalue weighted by Gasteiger charge is 2.45. The minimum Gasteiger partial charge on any atom is -0.508 e. The van der Waals surface area contributed by atoms with E-state index in [1.54, 1.807) is 36.4 Å². The number of hydrogen-bond donors (Lipinski definition) is 2. The van der Waals surface area contributed by atoms with Crippen molar-refractivity contribution in [1.29, 1.82) is 0 Å². The lowest BCUT2D eigenvalue weighted by atomic mass is 9.76. The average Bonchev–Trinajstić information content (AvgIpc) is 2.69. The number of hydrogen-bond acceptors (Lipinski definition) is 5. The fourth-order valence-electron chi connectivity index (χ4n) is 3.81. The second-order valence-electron chi connectivity index (χ2n) is 7.40. The third-order valence-corrected chi connectivity index (χ3v) is 7.08. The van der Waals surface area contributed by atoms with Gasteiger partial charge in [-0.25, -0.2) is 12.7 Å². The molecule has 1 aliphatic heterocycles. The smallest absolute Gasteiger partial charge is 0.218 e. The molecule has 0 saturated carbocycles. The van der Waals surface area contributed by atoms with E-state index >= 15 is 0 Å². The van der Waals surface area contributed by atoms with Crippen LogP contribution in [0.4, 0.5) is 0 Å². The standard InChI is InChI=1S/C21H28N2O4S/c1-22(2)14-19-15-23(28(26,27)16-17-7-4-3-5-8-17)12-11-21(19,25)18-9-6-10-20(24)13-18/h3-10,13,19,24-25H,11-12,14-16H2,1-2H3/t19-,21-/m1/s1/i1D3. The first-order valence-electron chi connectivity index (χ1n) is 10.7. The van der Waals surface area contributed by atoms with E-state index in [2.05, 4.69) is 0 Å². The van der Waals surface area contributed by atoms with Crippen molar-refractivity contribution >= 4 is 10.0 Å². The van der Waals surface area contributed by atoms with Crippen LogP contribution in [-0.2, 0) is 21.4 Å². The van der Waals surface area contributed by atoms with E-state index in [0.29, 0.717) is 11.1 Å². The molecule has 0 amide bonds. The van der Waals surface area contributed by atoms with Crippen molar-refractivity contribution in [1.82, 2.24) is 9.21 Å². The maximum absolute atomic E-state index is 13.1. The molecule has 1 heterocycles. The second-order valence-corrected chi connectivity index (χ2v) is 9.37. The lowest BCUT2D eigenvalue weighted by molar-refractivity contribution is -0.0699. The minimum absolute atomic E-state index is 0.0204. The minimum atomic E-state index is -3.67. The van der Waals surface area contributed by atoms with Crippen molar-refractivity contribution in [3.8, 4) is 5.75 Å². The van der Waals surface area contributed by atoms with Gasteiger partial charge in [-0.05, 0) is 43.7 Å². The third kappa shape index (κ3) is 4.55. The maximum atomic E-state index is 13.1. The van der Waals surface area contributed by atoms with Gasteiger partial charge in [0.1, 0.15) is 5.75 Å². The first kappa shape index (κ1) is 17.0. The van der Waals surface area contributed by atoms with Crippen LogP contribution in [0.3, 0.4) is 0 Å². The topological polar surface area (TPSA) is 81.1 Å². The molecule has 7 heteroatoms. The van der Waals surface area contributed by atoms with Gasteiger partial charge in [0.2, 0.25) is 10.0 Å². The molecule has 3 rings (SSSR count). The van der Waals surface area contributed by atoms with Crippen LogP contribution in [0.5, 0.6) is 5.75 Å². The molecule has 0 bridgehead atoms. The van der Waals surface area contributed by atoms with E-state index in [1.807, 2.05) is 6.07 Å². The summed E-state index contributed by atoms with van der Waals surface area (Å²) >= 11 is 0. The molecule has 152 valence electrons. The van der Waals surface area contributed by atoms with Gasteiger partial charge in [0.15, 0.2) is 0 Å². The SMILES string of the molecule is [2H]C([2H])([2H])N(C)C[C@@H]1CN(S(=O)(=O)Cc2ccccc2)CC[C@@]1(O)c1cccc(O)c1. The van der Waals surface area contributed by atoms with Gasteiger partial charge in [0, 0.05) is 29.7 Å². The van der Waals surface area contributed by atoms with E-state index in [4.69, 9.17) is 4.11 Å². The van der Waals surface area contributed by atoms with Crippen molar-refractivity contribution in [2.75, 3.05) is 33.7 Å². The summed E-state index contributed by atoms with van der Waals surface area (Å²) in [7, 11) is -2.24. The van der Waals surface area contributed by atoms with Gasteiger partial charge in [0.25, 0.3) is 0 Å². The Morgan fingerprint density at radius 3 is 2.68 bits per heavy atom. The monoisotopic (exact) mass is 407 g/mol. The number of phenols is 1. The van der Waals surface area contributed by atoms with Crippen LogP contribution in [0.2, 0.25) is 0 Å². The summed E-state index contributed by atoms with van der Waals surface area (Å²) in [5, 5.41) is 21.5. The molecule has 2 atom stereocenters. The summed E-state index contributed by atoms with van der Waals surface area (Å²) in [6.07, 6.45) is 0.0873. The van der Waals surface area contributed by atoms with Crippen molar-refractivity contribution < 1.29 is 22.7 Å². The van der Waals surface area contributed by atoms with Gasteiger partial charge in [-0.3, -0.25) is 0 Å². The zero-order chi connectivity index (χ0) is 22.9. The highest BCUT2D eigenvalue weighted by atomic mass is 32.2. The number of benzene rings is 2. The molecule has 0 aliphatic carbocycles. The van der Waals surface area contributed by atoms with E-state index in [-0.39, 0.29) is 37.6 Å². The zero-order valence-corrected chi connectivity index (χ0v) is 16.6. The molecule has 2 N–H and O–H groups in total. The van der Waals surface area contributed by atoms with Gasteiger partial charge in [0.05, 0.1) is 11.4 Å². The molecule has 6 nitrogen and oxygen atoms in total. The van der Waals surface area contributed by atoms with Gasteiger partial charge in [-0.1, -0.05) is 42.5 Å². The highest BCUT2D eigenvalue weighted by Crippen LogP contribution is 2.39. The Kier molecular flexibility index (Phi) is 4.97. The Morgan fingerprint density at radius 1 is 1.25 bits per heavy atom. The Balaban J connectivity index is 1.90. The lowest BCUT2D eigenvalue weighted by Gasteiger charge is -2.45. The summed E-state index contributed by atoms with van der Waals surface area (Å²) in [5.74, 6) is -0.896. The molecule has 2 aromatic rings. The zero-order valence-electron chi connectivity index (χ0n) is 18.8. The number of aromatic hydroxyl groups is 1. The molecule has 28 heavy (non-hydrogen) atoms. The molecule has 0 aromatic heterocycles. The molecule has 1 fully saturated rings. The van der Waals surface area contributed by atoms with E-state index in [0.717, 1.165) is 4.90 Å². The van der Waals surface area contributed by atoms with Crippen molar-refractivity contribution in [3.63, 3.8) is 0 Å². The summed E-state index contributed by atoms with van der Waals surface area (Å²) < 4.78 is 50.4. The molecule has 0 radical (unpaired) electrons. The normalized spacial score (nSPS) is 25.8. The lowest BCUT2D eigenvalue weighted by Crippen LogP contribution is -2.54. The van der Waals surface area contributed by atoms with Crippen LogP contribution < -0.4 is 0 Å². The maximum Gasteiger partial charge on any atom is 0.218 e. The van der Waals surface area contributed by atoms with Crippen LogP contribution in [0.15, 0.2) is 54.6 Å². The summed E-state index contributed by atoms with van der Waals surface area (Å²) in [4.78, 5) is 1.14. The molecule has 1 saturated heterocycles. The van der Waals surface area contributed by atoms with Crippen molar-refractivity contribution in [2.24, 2.45) is 5.92 Å². The molecule has 1 aliphatic rings. The van der Waals surface area contributed by atoms with Crippen LogP contribution in [0.1, 0.15) is 21.7 Å².